The number of unbranched alkanes of at least 4 members (excludes halogenated alkanes) is 2. The zero-order chi connectivity index (χ0) is 23.6. The average Bonchev–Trinajstić information content (AvgIpc) is 3.13. The number of carboxylic acid groups (broad SMARTS) is 1. The van der Waals surface area contributed by atoms with Gasteiger partial charge in [-0.2, -0.15) is 0 Å². The normalized spacial score (nSPS) is 13.0. The van der Waals surface area contributed by atoms with Crippen LogP contribution < -0.4 is 10.6 Å². The Morgan fingerprint density at radius 2 is 1.61 bits per heavy atom. The third kappa shape index (κ3) is 6.57. The molecule has 2 amide bonds. The number of rotatable bonds is 12. The molecule has 33 heavy (non-hydrogen) atoms. The topological polar surface area (TPSA) is 105 Å². The van der Waals surface area contributed by atoms with Gasteiger partial charge in [0.25, 0.3) is 0 Å². The van der Waals surface area contributed by atoms with Gasteiger partial charge in [-0.1, -0.05) is 68.3 Å². The van der Waals surface area contributed by atoms with Crippen LogP contribution in [0.5, 0.6) is 0 Å². The van der Waals surface area contributed by atoms with Crippen LogP contribution in [-0.4, -0.2) is 42.3 Å². The van der Waals surface area contributed by atoms with E-state index in [2.05, 4.69) is 34.9 Å². The molecule has 2 aromatic rings. The first-order valence-electron chi connectivity index (χ1n) is 11.6. The number of carbonyl (C=O) groups is 3. The van der Waals surface area contributed by atoms with Gasteiger partial charge in [0.05, 0.1) is 0 Å². The standard InChI is InChI=1S/C26H32N2O5/c1-2-3-14-23(25(30)31)28-24(29)15-8-9-16-27-26(32)33-17-22-20-12-6-4-10-18(20)19-11-5-7-13-21(19)22/h4-7,10-13,22-23H,2-3,8-9,14-17H2,1H3,(H,27,32)(H,28,29)(H,30,31)/t23-/m0/s1. The lowest BCUT2D eigenvalue weighted by Gasteiger charge is -2.15. The van der Waals surface area contributed by atoms with E-state index in [4.69, 9.17) is 4.74 Å². The van der Waals surface area contributed by atoms with E-state index in [1.165, 1.54) is 11.1 Å². The van der Waals surface area contributed by atoms with E-state index in [9.17, 15) is 19.5 Å². The Hall–Kier alpha value is -3.35. The van der Waals surface area contributed by atoms with Crippen molar-refractivity contribution in [2.45, 2.75) is 57.4 Å². The molecule has 1 aliphatic rings. The number of benzene rings is 2. The van der Waals surface area contributed by atoms with Gasteiger partial charge in [0.15, 0.2) is 0 Å². The second-order valence-corrected chi connectivity index (χ2v) is 8.31. The maximum absolute atomic E-state index is 12.2. The number of carbonyl (C=O) groups excluding carboxylic acids is 2. The zero-order valence-corrected chi connectivity index (χ0v) is 19.0. The molecule has 0 aromatic heterocycles. The Morgan fingerprint density at radius 1 is 0.970 bits per heavy atom. The molecule has 1 atom stereocenters. The number of hydrogen-bond acceptors (Lipinski definition) is 4. The van der Waals surface area contributed by atoms with Gasteiger partial charge in [0.2, 0.25) is 5.91 Å². The molecule has 0 bridgehead atoms. The lowest BCUT2D eigenvalue weighted by Crippen LogP contribution is -2.40. The van der Waals surface area contributed by atoms with Crippen LogP contribution >= 0.6 is 0 Å². The first-order valence-corrected chi connectivity index (χ1v) is 11.6. The van der Waals surface area contributed by atoms with Crippen LogP contribution in [-0.2, 0) is 14.3 Å². The summed E-state index contributed by atoms with van der Waals surface area (Å²) in [7, 11) is 0. The van der Waals surface area contributed by atoms with Gasteiger partial charge in [-0.25, -0.2) is 9.59 Å². The van der Waals surface area contributed by atoms with E-state index in [1.807, 2.05) is 31.2 Å². The molecule has 1 aliphatic carbocycles. The summed E-state index contributed by atoms with van der Waals surface area (Å²) in [5.74, 6) is -1.27. The van der Waals surface area contributed by atoms with Gasteiger partial charge >= 0.3 is 12.1 Å². The molecule has 0 spiro atoms. The predicted octanol–water partition coefficient (Wildman–Crippen LogP) is 4.46. The van der Waals surface area contributed by atoms with Crippen LogP contribution in [0.3, 0.4) is 0 Å². The molecule has 2 aromatic carbocycles. The minimum atomic E-state index is -1.01. The van der Waals surface area contributed by atoms with Gasteiger partial charge in [-0.05, 0) is 41.5 Å². The van der Waals surface area contributed by atoms with E-state index < -0.39 is 18.1 Å². The monoisotopic (exact) mass is 452 g/mol. The Labute approximate surface area is 194 Å². The highest BCUT2D eigenvalue weighted by molar-refractivity contribution is 5.83. The molecule has 0 heterocycles. The van der Waals surface area contributed by atoms with E-state index >= 15 is 0 Å². The number of alkyl carbamates (subject to hydrolysis) is 1. The predicted molar refractivity (Wildman–Crippen MR) is 126 cm³/mol. The van der Waals surface area contributed by atoms with Crippen LogP contribution in [0, 0.1) is 0 Å². The minimum Gasteiger partial charge on any atom is -0.480 e. The quantitative estimate of drug-likeness (QED) is 0.413. The maximum Gasteiger partial charge on any atom is 0.407 e. The SMILES string of the molecule is CCCC[C@H](NC(=O)CCCCNC(=O)OCC1c2ccccc2-c2ccccc21)C(=O)O. The average molecular weight is 453 g/mol. The van der Waals surface area contributed by atoms with E-state index in [0.717, 1.165) is 24.0 Å². The largest absolute Gasteiger partial charge is 0.480 e. The summed E-state index contributed by atoms with van der Waals surface area (Å²) in [6.07, 6.45) is 2.96. The fourth-order valence-corrected chi connectivity index (χ4v) is 4.18. The lowest BCUT2D eigenvalue weighted by molar-refractivity contribution is -0.142. The highest BCUT2D eigenvalue weighted by Gasteiger charge is 2.29. The number of carboxylic acids is 1. The van der Waals surface area contributed by atoms with Crippen LogP contribution in [0.1, 0.15) is 62.5 Å². The number of fused-ring (bicyclic) bond motifs is 3. The van der Waals surface area contributed by atoms with Crippen LogP contribution in [0.15, 0.2) is 48.5 Å². The van der Waals surface area contributed by atoms with Gasteiger partial charge in [0.1, 0.15) is 12.6 Å². The zero-order valence-electron chi connectivity index (χ0n) is 19.0. The van der Waals surface area contributed by atoms with E-state index in [-0.39, 0.29) is 24.9 Å². The van der Waals surface area contributed by atoms with Crippen LogP contribution in [0.4, 0.5) is 4.79 Å². The van der Waals surface area contributed by atoms with E-state index in [0.29, 0.717) is 25.8 Å². The van der Waals surface area contributed by atoms with Crippen molar-refractivity contribution in [1.29, 1.82) is 0 Å². The summed E-state index contributed by atoms with van der Waals surface area (Å²) in [4.78, 5) is 35.4. The summed E-state index contributed by atoms with van der Waals surface area (Å²) in [6, 6.07) is 15.5. The van der Waals surface area contributed by atoms with Gasteiger partial charge in [-0.15, -0.1) is 0 Å². The van der Waals surface area contributed by atoms with Gasteiger partial charge in [0, 0.05) is 18.9 Å². The van der Waals surface area contributed by atoms with Crippen molar-refractivity contribution in [2.24, 2.45) is 0 Å². The van der Waals surface area contributed by atoms with Crippen LogP contribution in [0.2, 0.25) is 0 Å². The van der Waals surface area contributed by atoms with Crippen molar-refractivity contribution in [3.63, 3.8) is 0 Å². The molecule has 0 aliphatic heterocycles. The van der Waals surface area contributed by atoms with Crippen molar-refractivity contribution in [3.05, 3.63) is 59.7 Å². The van der Waals surface area contributed by atoms with Gasteiger partial charge in [-0.3, -0.25) is 4.79 Å². The van der Waals surface area contributed by atoms with Crippen molar-refractivity contribution >= 4 is 18.0 Å². The molecule has 0 saturated heterocycles. The van der Waals surface area contributed by atoms with Crippen molar-refractivity contribution in [3.8, 4) is 11.1 Å². The Bertz CT molecular complexity index is 929. The molecular weight excluding hydrogens is 420 g/mol. The second-order valence-electron chi connectivity index (χ2n) is 8.31. The Morgan fingerprint density at radius 3 is 2.21 bits per heavy atom. The molecule has 0 radical (unpaired) electrons. The van der Waals surface area contributed by atoms with Gasteiger partial charge < -0.3 is 20.5 Å². The molecule has 3 rings (SSSR count). The van der Waals surface area contributed by atoms with Crippen LogP contribution in [0.25, 0.3) is 11.1 Å². The third-order valence-corrected chi connectivity index (χ3v) is 5.92. The molecule has 7 heteroatoms. The summed E-state index contributed by atoms with van der Waals surface area (Å²) in [5.41, 5.74) is 4.69. The molecular formula is C26H32N2O5. The number of amides is 2. The first kappa shape index (κ1) is 24.3. The summed E-state index contributed by atoms with van der Waals surface area (Å²) in [5, 5.41) is 14.5. The fraction of sp³-hybridized carbons (Fsp3) is 0.423. The lowest BCUT2D eigenvalue weighted by atomic mass is 9.98. The van der Waals surface area contributed by atoms with Crippen molar-refractivity contribution < 1.29 is 24.2 Å². The highest BCUT2D eigenvalue weighted by atomic mass is 16.5. The fourth-order valence-electron chi connectivity index (χ4n) is 4.18. The maximum atomic E-state index is 12.2. The molecule has 0 saturated carbocycles. The summed E-state index contributed by atoms with van der Waals surface area (Å²) < 4.78 is 5.49. The number of aliphatic carboxylic acids is 1. The number of hydrogen-bond donors (Lipinski definition) is 3. The molecule has 3 N–H and O–H groups in total. The summed E-state index contributed by atoms with van der Waals surface area (Å²) >= 11 is 0. The Kier molecular flexibility index (Phi) is 8.87. The number of nitrogens with one attached hydrogen (secondary N) is 2. The minimum absolute atomic E-state index is 0.0155. The highest BCUT2D eigenvalue weighted by Crippen LogP contribution is 2.44. The van der Waals surface area contributed by atoms with Crippen molar-refractivity contribution in [1.82, 2.24) is 10.6 Å². The molecule has 7 nitrogen and oxygen atoms in total. The number of ether oxygens (including phenoxy) is 1. The van der Waals surface area contributed by atoms with Crippen molar-refractivity contribution in [2.75, 3.05) is 13.2 Å². The Balaban J connectivity index is 1.36. The smallest absolute Gasteiger partial charge is 0.407 e. The third-order valence-electron chi connectivity index (χ3n) is 5.92. The summed E-state index contributed by atoms with van der Waals surface area (Å²) in [6.45, 7) is 2.63. The molecule has 0 unspecified atom stereocenters. The first-order chi connectivity index (χ1) is 16.0. The second kappa shape index (κ2) is 12.0. The molecule has 176 valence electrons. The molecule has 0 fully saturated rings. The van der Waals surface area contributed by atoms with E-state index in [1.54, 1.807) is 0 Å².